The van der Waals surface area contributed by atoms with Crippen molar-refractivity contribution in [2.75, 3.05) is 13.1 Å². The zero-order valence-electron chi connectivity index (χ0n) is 40.4. The maximum Gasteiger partial charge on any atom is 0.328 e. The molecule has 1 saturated heterocycles. The Balaban J connectivity index is 2.27. The van der Waals surface area contributed by atoms with Gasteiger partial charge in [0, 0.05) is 25.8 Å². The molecule has 28 heteroatoms. The number of aromatic hydroxyl groups is 1. The number of nitrogens with two attached hydrogens (primary N) is 4. The number of hydrogen-bond donors (Lipinski definition) is 15. The number of aliphatic hydroxyl groups is 2. The van der Waals surface area contributed by atoms with E-state index in [1.54, 1.807) is 13.8 Å². The molecule has 28 nitrogen and oxygen atoms in total. The molecule has 19 N–H and O–H groups in total. The van der Waals surface area contributed by atoms with E-state index in [4.69, 9.17) is 22.9 Å². The summed E-state index contributed by atoms with van der Waals surface area (Å²) in [6.45, 7) is 4.84. The molecule has 0 radical (unpaired) electrons. The van der Waals surface area contributed by atoms with Crippen LogP contribution in [0.2, 0.25) is 0 Å². The Morgan fingerprint density at radius 1 is 0.653 bits per heavy atom. The number of primary amides is 3. The Hall–Kier alpha value is -7.46. The largest absolute Gasteiger partial charge is 0.508 e. The number of aliphatic carboxylic acids is 1. The van der Waals surface area contributed by atoms with E-state index < -0.39 is 144 Å². The SMILES string of the molecule is CC(C)C[C@H](NC(=O)[C@@H](NC(=O)[C@H](CC(N)=O)NC(=O)CNC(=O)[C@H](CCC(N)=O)NC(=O)[C@@H](N)CCC(N)=O)[C@@H](C)O)C(=O)N1CCC[C@H]1C(=O)N[C@@H](Cc1ccc(O)cc1)C(=O)N[C@H](C(=O)O)[C@@H](C)O. The fourth-order valence-corrected chi connectivity index (χ4v) is 7.31. The number of nitrogens with one attached hydrogen (secondary N) is 7. The van der Waals surface area contributed by atoms with E-state index in [2.05, 4.69) is 37.2 Å². The molecule has 1 aromatic carbocycles. The van der Waals surface area contributed by atoms with Crippen LogP contribution in [0, 0.1) is 5.92 Å². The smallest absolute Gasteiger partial charge is 0.328 e. The van der Waals surface area contributed by atoms with Crippen molar-refractivity contribution in [1.29, 1.82) is 0 Å². The average Bonchev–Trinajstić information content (AvgIpc) is 3.79. The predicted molar refractivity (Wildman–Crippen MR) is 250 cm³/mol. The first-order chi connectivity index (χ1) is 33.6. The Labute approximate surface area is 413 Å². The van der Waals surface area contributed by atoms with Crippen molar-refractivity contribution in [3.8, 4) is 5.75 Å². The van der Waals surface area contributed by atoms with Crippen LogP contribution in [0.1, 0.15) is 84.6 Å². The molecule has 0 spiro atoms. The number of carbonyl (C=O) groups excluding carboxylic acids is 11. The zero-order chi connectivity index (χ0) is 54.6. The number of phenolic OH excluding ortho intramolecular Hbond substituents is 1. The molecule has 0 aromatic heterocycles. The quantitative estimate of drug-likeness (QED) is 0.0341. The Morgan fingerprint density at radius 3 is 1.75 bits per heavy atom. The molecule has 1 aromatic rings. The molecular formula is C44H68N12O16. The van der Waals surface area contributed by atoms with E-state index in [1.807, 2.05) is 0 Å². The van der Waals surface area contributed by atoms with Crippen LogP contribution < -0.4 is 60.2 Å². The lowest BCUT2D eigenvalue weighted by Gasteiger charge is -2.32. The molecule has 0 bridgehead atoms. The second kappa shape index (κ2) is 29.0. The summed E-state index contributed by atoms with van der Waals surface area (Å²) in [4.78, 5) is 155. The van der Waals surface area contributed by atoms with Gasteiger partial charge in [-0.15, -0.1) is 0 Å². The number of benzene rings is 1. The number of carbonyl (C=O) groups is 12. The first kappa shape index (κ1) is 60.7. The summed E-state index contributed by atoms with van der Waals surface area (Å²) in [5, 5.41) is 56.2. The van der Waals surface area contributed by atoms with Crippen LogP contribution in [0.3, 0.4) is 0 Å². The van der Waals surface area contributed by atoms with E-state index in [0.29, 0.717) is 12.0 Å². The van der Waals surface area contributed by atoms with Crippen molar-refractivity contribution in [2.24, 2.45) is 28.9 Å². The molecule has 1 heterocycles. The van der Waals surface area contributed by atoms with Gasteiger partial charge in [-0.2, -0.15) is 0 Å². The van der Waals surface area contributed by atoms with E-state index >= 15 is 0 Å². The van der Waals surface area contributed by atoms with Crippen molar-refractivity contribution in [1.82, 2.24) is 42.1 Å². The fraction of sp³-hybridized carbons (Fsp3) is 0.591. The van der Waals surface area contributed by atoms with Crippen LogP contribution in [-0.4, -0.2) is 170 Å². The second-order valence-electron chi connectivity index (χ2n) is 17.8. The van der Waals surface area contributed by atoms with Gasteiger partial charge < -0.3 is 85.5 Å². The third-order valence-corrected chi connectivity index (χ3v) is 11.1. The Bertz CT molecular complexity index is 2140. The summed E-state index contributed by atoms with van der Waals surface area (Å²) in [7, 11) is 0. The number of hydrogen-bond acceptors (Lipinski definition) is 16. The van der Waals surface area contributed by atoms with Gasteiger partial charge in [0.2, 0.25) is 65.0 Å². The van der Waals surface area contributed by atoms with E-state index in [0.717, 1.165) is 13.8 Å². The molecule has 0 saturated carbocycles. The molecule has 11 amide bonds. The van der Waals surface area contributed by atoms with Crippen LogP contribution in [0.4, 0.5) is 0 Å². The molecule has 400 valence electrons. The van der Waals surface area contributed by atoms with Crippen LogP contribution in [0.15, 0.2) is 24.3 Å². The summed E-state index contributed by atoms with van der Waals surface area (Å²) < 4.78 is 0. The molecular weight excluding hydrogens is 953 g/mol. The van der Waals surface area contributed by atoms with Gasteiger partial charge in [-0.05, 0) is 69.6 Å². The average molecular weight is 1020 g/mol. The molecule has 0 aliphatic carbocycles. The van der Waals surface area contributed by atoms with Crippen LogP contribution in [-0.2, 0) is 64.0 Å². The van der Waals surface area contributed by atoms with Gasteiger partial charge >= 0.3 is 5.97 Å². The highest BCUT2D eigenvalue weighted by atomic mass is 16.4. The highest BCUT2D eigenvalue weighted by Crippen LogP contribution is 2.22. The molecule has 1 aliphatic rings. The normalized spacial score (nSPS) is 16.9. The summed E-state index contributed by atoms with van der Waals surface area (Å²) in [6.07, 6.45) is -5.05. The Kier molecular flexibility index (Phi) is 24.5. The first-order valence-corrected chi connectivity index (χ1v) is 23.0. The maximum absolute atomic E-state index is 14.3. The number of rotatable bonds is 30. The highest BCUT2D eigenvalue weighted by Gasteiger charge is 2.41. The minimum atomic E-state index is -1.84. The van der Waals surface area contributed by atoms with Crippen molar-refractivity contribution >= 4 is 70.9 Å². The summed E-state index contributed by atoms with van der Waals surface area (Å²) in [5.41, 5.74) is 21.8. The lowest BCUT2D eigenvalue weighted by molar-refractivity contribution is -0.145. The lowest BCUT2D eigenvalue weighted by Crippen LogP contribution is -2.61. The van der Waals surface area contributed by atoms with E-state index in [9.17, 15) is 78.0 Å². The van der Waals surface area contributed by atoms with Gasteiger partial charge in [-0.3, -0.25) is 52.7 Å². The third kappa shape index (κ3) is 20.5. The van der Waals surface area contributed by atoms with E-state index in [-0.39, 0.29) is 63.2 Å². The number of nitrogens with zero attached hydrogens (tertiary/aromatic N) is 1. The fourth-order valence-electron chi connectivity index (χ4n) is 7.31. The summed E-state index contributed by atoms with van der Waals surface area (Å²) in [5.74, 6) is -12.5. The second-order valence-corrected chi connectivity index (χ2v) is 17.8. The maximum atomic E-state index is 14.3. The highest BCUT2D eigenvalue weighted by molar-refractivity contribution is 5.99. The number of aliphatic hydroxyl groups excluding tert-OH is 2. The van der Waals surface area contributed by atoms with Gasteiger partial charge in [-0.1, -0.05) is 26.0 Å². The molecule has 0 unspecified atom stereocenters. The topological polar surface area (TPSA) is 477 Å². The first-order valence-electron chi connectivity index (χ1n) is 23.0. The van der Waals surface area contributed by atoms with Crippen molar-refractivity contribution in [3.63, 3.8) is 0 Å². The molecule has 1 fully saturated rings. The van der Waals surface area contributed by atoms with Gasteiger partial charge in [0.25, 0.3) is 0 Å². The number of carboxylic acids is 1. The number of carboxylic acid groups (broad SMARTS) is 1. The Morgan fingerprint density at radius 2 is 1.21 bits per heavy atom. The van der Waals surface area contributed by atoms with Gasteiger partial charge in [0.05, 0.1) is 31.2 Å². The van der Waals surface area contributed by atoms with Gasteiger partial charge in [-0.25, -0.2) is 4.79 Å². The minimum Gasteiger partial charge on any atom is -0.508 e. The number of amides is 11. The molecule has 72 heavy (non-hydrogen) atoms. The van der Waals surface area contributed by atoms with Crippen LogP contribution in [0.5, 0.6) is 5.75 Å². The lowest BCUT2D eigenvalue weighted by atomic mass is 10.0. The molecule has 1 aliphatic heterocycles. The molecule has 10 atom stereocenters. The molecule has 2 rings (SSSR count). The minimum absolute atomic E-state index is 0.0140. The standard InChI is InChI=1S/C44H68N12O16/c1-20(2)16-29(43(70)56-15-5-6-30(56)41(68)52-27(17-23-7-9-24(59)10-8-23)39(66)55-36(22(4)58)44(71)72)53-42(69)35(21(3)57)54-40(67)28(18-33(48)62)50-34(63)19-49-38(65)26(12-14-32(47)61)51-37(64)25(45)11-13-31(46)60/h7-10,20-22,25-30,35-36,57-59H,5-6,11-19,45H2,1-4H3,(H2,46,60)(H2,47,61)(H2,48,62)(H,49,65)(H,50,63)(H,51,64)(H,52,68)(H,53,69)(H,54,67)(H,55,66)(H,71,72)/t21-,22-,25+,26+,27+,28+,29+,30+,35+,36+/m1/s1. The van der Waals surface area contributed by atoms with Gasteiger partial charge in [0.1, 0.15) is 42.0 Å². The third-order valence-electron chi connectivity index (χ3n) is 11.1. The zero-order valence-corrected chi connectivity index (χ0v) is 40.4. The summed E-state index contributed by atoms with van der Waals surface area (Å²) in [6, 6.07) is -6.59. The predicted octanol–water partition coefficient (Wildman–Crippen LogP) is -6.42. The monoisotopic (exact) mass is 1020 g/mol. The van der Waals surface area contributed by atoms with Crippen molar-refractivity contribution in [3.05, 3.63) is 29.8 Å². The van der Waals surface area contributed by atoms with E-state index in [1.165, 1.54) is 29.2 Å². The summed E-state index contributed by atoms with van der Waals surface area (Å²) >= 11 is 0. The number of likely N-dealkylation sites (tertiary alicyclic amines) is 1. The number of phenols is 1. The van der Waals surface area contributed by atoms with Crippen LogP contribution >= 0.6 is 0 Å². The van der Waals surface area contributed by atoms with Crippen LogP contribution in [0.25, 0.3) is 0 Å². The van der Waals surface area contributed by atoms with Crippen molar-refractivity contribution < 1.29 is 78.0 Å². The van der Waals surface area contributed by atoms with Crippen molar-refractivity contribution in [2.45, 2.75) is 146 Å². The van der Waals surface area contributed by atoms with Gasteiger partial charge in [0.15, 0.2) is 6.04 Å².